The van der Waals surface area contributed by atoms with Gasteiger partial charge >= 0.3 is 0 Å². The van der Waals surface area contributed by atoms with E-state index in [4.69, 9.17) is 5.11 Å². The number of allylic oxidation sites excluding steroid dienone is 1. The minimum atomic E-state index is -0.526. The highest BCUT2D eigenvalue weighted by molar-refractivity contribution is 6.21. The average molecular weight is 306 g/mol. The van der Waals surface area contributed by atoms with Crippen LogP contribution in [0.2, 0.25) is 0 Å². The number of rotatable bonds is 7. The number of fused-ring (bicyclic) bond motifs is 1. The summed E-state index contributed by atoms with van der Waals surface area (Å²) in [7, 11) is 1.72. The van der Waals surface area contributed by atoms with E-state index < -0.39 is 17.6 Å². The van der Waals surface area contributed by atoms with Gasteiger partial charge in [0, 0.05) is 6.04 Å². The monoisotopic (exact) mass is 306 g/mol. The highest BCUT2D eigenvalue weighted by Crippen LogP contribution is 2.23. The normalized spacial score (nSPS) is 16.1. The Bertz CT molecular complexity index is 562. The van der Waals surface area contributed by atoms with Crippen LogP contribution in [-0.2, 0) is 0 Å². The van der Waals surface area contributed by atoms with Crippen molar-refractivity contribution in [2.45, 2.75) is 18.9 Å². The van der Waals surface area contributed by atoms with Crippen molar-refractivity contribution >= 4 is 11.8 Å². The van der Waals surface area contributed by atoms with Crippen LogP contribution in [0.15, 0.2) is 36.2 Å². The maximum atomic E-state index is 13.9. The van der Waals surface area contributed by atoms with E-state index in [1.807, 2.05) is 0 Å². The van der Waals surface area contributed by atoms with Crippen molar-refractivity contribution in [2.75, 3.05) is 20.2 Å². The summed E-state index contributed by atoms with van der Waals surface area (Å²) < 4.78 is 13.9. The number of benzene rings is 1. The number of imide groups is 1. The van der Waals surface area contributed by atoms with Crippen molar-refractivity contribution in [3.05, 3.63) is 47.3 Å². The Hall–Kier alpha value is -2.05. The number of carbonyl (C=O) groups excluding carboxylic acids is 2. The molecule has 6 heteroatoms. The Morgan fingerprint density at radius 2 is 1.91 bits per heavy atom. The molecule has 1 aromatic rings. The Morgan fingerprint density at radius 1 is 1.32 bits per heavy atom. The number of nitrogens with one attached hydrogen (secondary N) is 1. The summed E-state index contributed by atoms with van der Waals surface area (Å²) in [5.74, 6) is -1.46. The molecule has 22 heavy (non-hydrogen) atoms. The number of carbonyl (C=O) groups is 2. The quantitative estimate of drug-likeness (QED) is 0.749. The molecule has 0 saturated heterocycles. The van der Waals surface area contributed by atoms with E-state index in [9.17, 15) is 14.0 Å². The third kappa shape index (κ3) is 3.40. The standard InChI is InChI=1S/C16H19FN2O3/c1-18-12(10-20)6-4-5-11(17)9-19-15(21)13-7-2-3-8-14(13)16(19)22/h2-3,5,7-8,12,18,20H,4,6,9-10H2,1H3. The van der Waals surface area contributed by atoms with Crippen LogP contribution in [0, 0.1) is 0 Å². The second-order valence-corrected chi connectivity index (χ2v) is 5.14. The summed E-state index contributed by atoms with van der Waals surface area (Å²) >= 11 is 0. The van der Waals surface area contributed by atoms with Crippen LogP contribution in [0.3, 0.4) is 0 Å². The third-order valence-corrected chi connectivity index (χ3v) is 3.70. The third-order valence-electron chi connectivity index (χ3n) is 3.70. The molecule has 1 atom stereocenters. The summed E-state index contributed by atoms with van der Waals surface area (Å²) in [6.07, 6.45) is 2.34. The fourth-order valence-electron chi connectivity index (χ4n) is 2.37. The Labute approximate surface area is 128 Å². The van der Waals surface area contributed by atoms with Crippen LogP contribution in [0.5, 0.6) is 0 Å². The van der Waals surface area contributed by atoms with Crippen molar-refractivity contribution < 1.29 is 19.1 Å². The molecule has 0 bridgehead atoms. The molecular weight excluding hydrogens is 287 g/mol. The highest BCUT2D eigenvalue weighted by atomic mass is 19.1. The SMILES string of the molecule is CNC(CO)CCC=C(F)CN1C(=O)c2ccccc2C1=O. The second kappa shape index (κ2) is 7.29. The molecule has 0 aromatic heterocycles. The minimum absolute atomic E-state index is 0.0234. The highest BCUT2D eigenvalue weighted by Gasteiger charge is 2.35. The van der Waals surface area contributed by atoms with Crippen molar-refractivity contribution in [3.63, 3.8) is 0 Å². The first-order valence-corrected chi connectivity index (χ1v) is 7.16. The van der Waals surface area contributed by atoms with Gasteiger partial charge in [0.05, 0.1) is 24.3 Å². The first-order valence-electron chi connectivity index (χ1n) is 7.16. The van der Waals surface area contributed by atoms with Gasteiger partial charge < -0.3 is 10.4 Å². The molecule has 5 nitrogen and oxygen atoms in total. The first kappa shape index (κ1) is 16.3. The summed E-state index contributed by atoms with van der Waals surface area (Å²) in [4.78, 5) is 25.1. The number of aliphatic hydroxyl groups is 1. The van der Waals surface area contributed by atoms with Crippen LogP contribution < -0.4 is 5.32 Å². The van der Waals surface area contributed by atoms with Gasteiger partial charge in [-0.1, -0.05) is 18.2 Å². The van der Waals surface area contributed by atoms with E-state index in [1.54, 1.807) is 31.3 Å². The topological polar surface area (TPSA) is 69.6 Å². The molecule has 2 amide bonds. The predicted octanol–water partition coefficient (Wildman–Crippen LogP) is 1.50. The fraction of sp³-hybridized carbons (Fsp3) is 0.375. The molecule has 1 aromatic carbocycles. The van der Waals surface area contributed by atoms with E-state index in [0.717, 1.165) is 4.90 Å². The van der Waals surface area contributed by atoms with Crippen LogP contribution in [0.25, 0.3) is 0 Å². The largest absolute Gasteiger partial charge is 0.395 e. The molecule has 0 saturated carbocycles. The lowest BCUT2D eigenvalue weighted by Gasteiger charge is -2.13. The summed E-state index contributed by atoms with van der Waals surface area (Å²) in [5, 5.41) is 11.9. The van der Waals surface area contributed by atoms with Crippen molar-refractivity contribution in [3.8, 4) is 0 Å². The van der Waals surface area contributed by atoms with Gasteiger partial charge in [-0.15, -0.1) is 0 Å². The van der Waals surface area contributed by atoms with Crippen molar-refractivity contribution in [2.24, 2.45) is 0 Å². The second-order valence-electron chi connectivity index (χ2n) is 5.14. The Kier molecular flexibility index (Phi) is 5.41. The number of hydrogen-bond donors (Lipinski definition) is 2. The molecule has 118 valence electrons. The lowest BCUT2D eigenvalue weighted by atomic mass is 10.1. The number of aliphatic hydroxyl groups excluding tert-OH is 1. The maximum absolute atomic E-state index is 13.9. The molecule has 1 aliphatic rings. The van der Waals surface area contributed by atoms with Gasteiger partial charge in [0.15, 0.2) is 0 Å². The predicted molar refractivity (Wildman–Crippen MR) is 80.2 cm³/mol. The van der Waals surface area contributed by atoms with Gasteiger partial charge in [0.2, 0.25) is 0 Å². The number of amides is 2. The average Bonchev–Trinajstić information content (AvgIpc) is 2.77. The van der Waals surface area contributed by atoms with Gasteiger partial charge in [-0.2, -0.15) is 0 Å². The van der Waals surface area contributed by atoms with E-state index >= 15 is 0 Å². The van der Waals surface area contributed by atoms with E-state index in [-0.39, 0.29) is 19.2 Å². The van der Waals surface area contributed by atoms with Crippen molar-refractivity contribution in [1.82, 2.24) is 10.2 Å². The molecule has 0 aliphatic carbocycles. The fourth-order valence-corrected chi connectivity index (χ4v) is 2.37. The molecule has 1 heterocycles. The molecule has 2 rings (SSSR count). The number of likely N-dealkylation sites (N-methyl/N-ethyl adjacent to an activating group) is 1. The van der Waals surface area contributed by atoms with Gasteiger partial charge in [0.25, 0.3) is 11.8 Å². The molecule has 1 aliphatic heterocycles. The zero-order chi connectivity index (χ0) is 16.1. The van der Waals surface area contributed by atoms with Crippen LogP contribution in [0.1, 0.15) is 33.6 Å². The lowest BCUT2D eigenvalue weighted by Crippen LogP contribution is -2.31. The molecular formula is C16H19FN2O3. The van der Waals surface area contributed by atoms with Gasteiger partial charge in [0.1, 0.15) is 5.83 Å². The summed E-state index contributed by atoms with van der Waals surface area (Å²) in [6, 6.07) is 6.38. The number of halogens is 1. The molecule has 0 radical (unpaired) electrons. The van der Waals surface area contributed by atoms with Crippen LogP contribution in [0.4, 0.5) is 4.39 Å². The molecule has 1 unspecified atom stereocenters. The van der Waals surface area contributed by atoms with E-state index in [0.29, 0.717) is 24.0 Å². The molecule has 0 fully saturated rings. The maximum Gasteiger partial charge on any atom is 0.261 e. The van der Waals surface area contributed by atoms with E-state index in [1.165, 1.54) is 6.08 Å². The van der Waals surface area contributed by atoms with E-state index in [2.05, 4.69) is 5.32 Å². The van der Waals surface area contributed by atoms with Gasteiger partial charge in [-0.3, -0.25) is 14.5 Å². The van der Waals surface area contributed by atoms with Crippen molar-refractivity contribution in [1.29, 1.82) is 0 Å². The number of nitrogens with zero attached hydrogens (tertiary/aromatic N) is 1. The smallest absolute Gasteiger partial charge is 0.261 e. The zero-order valence-electron chi connectivity index (χ0n) is 12.4. The van der Waals surface area contributed by atoms with Gasteiger partial charge in [-0.25, -0.2) is 4.39 Å². The number of hydrogen-bond acceptors (Lipinski definition) is 4. The summed E-state index contributed by atoms with van der Waals surface area (Å²) in [5.41, 5.74) is 0.631. The molecule has 2 N–H and O–H groups in total. The minimum Gasteiger partial charge on any atom is -0.395 e. The lowest BCUT2D eigenvalue weighted by molar-refractivity contribution is 0.0660. The summed E-state index contributed by atoms with van der Waals surface area (Å²) in [6.45, 7) is -0.375. The molecule has 0 spiro atoms. The zero-order valence-corrected chi connectivity index (χ0v) is 12.4. The van der Waals surface area contributed by atoms with Gasteiger partial charge in [-0.05, 0) is 32.0 Å². The van der Waals surface area contributed by atoms with Crippen LogP contribution >= 0.6 is 0 Å². The van der Waals surface area contributed by atoms with Crippen LogP contribution in [-0.4, -0.2) is 48.1 Å². The first-order chi connectivity index (χ1) is 10.6. The Morgan fingerprint density at radius 3 is 2.41 bits per heavy atom. The Balaban J connectivity index is 1.97.